The number of alkyl halides is 3. The van der Waals surface area contributed by atoms with Gasteiger partial charge in [0.05, 0.1) is 5.56 Å². The molecule has 2 aliphatic rings. The largest absolute Gasteiger partial charge is 0.416 e. The number of nitrogens with zero attached hydrogens (tertiary/aromatic N) is 3. The highest BCUT2D eigenvalue weighted by Crippen LogP contribution is 2.49. The summed E-state index contributed by atoms with van der Waals surface area (Å²) in [5.74, 6) is -1.34. The predicted octanol–water partition coefficient (Wildman–Crippen LogP) is 7.15. The fraction of sp³-hybridized carbons (Fsp3) is 0.333. The van der Waals surface area contributed by atoms with Crippen molar-refractivity contribution in [2.45, 2.75) is 55.3 Å². The van der Waals surface area contributed by atoms with Gasteiger partial charge in [0.1, 0.15) is 5.82 Å². The number of ketones is 1. The van der Waals surface area contributed by atoms with Crippen molar-refractivity contribution in [1.29, 1.82) is 0 Å². The summed E-state index contributed by atoms with van der Waals surface area (Å²) in [5.41, 5.74) is 0.616. The lowest BCUT2D eigenvalue weighted by molar-refractivity contribution is -0.137. The Bertz CT molecular complexity index is 1450. The van der Waals surface area contributed by atoms with E-state index in [1.54, 1.807) is 24.3 Å². The number of anilines is 1. The van der Waals surface area contributed by atoms with Gasteiger partial charge in [0.2, 0.25) is 11.0 Å². The zero-order chi connectivity index (χ0) is 27.2. The van der Waals surface area contributed by atoms with E-state index in [1.165, 1.54) is 28.8 Å². The molecule has 1 atom stereocenters. The Morgan fingerprint density at radius 3 is 2.58 bits per heavy atom. The number of Topliss-reactive ketones (excluding diaryl/α,β-unsaturated/α-hetero) is 1. The number of benzene rings is 2. The van der Waals surface area contributed by atoms with Gasteiger partial charge < -0.3 is 0 Å². The number of aromatic nitrogens is 2. The topological polar surface area (TPSA) is 63.2 Å². The Labute approximate surface area is 225 Å². The third-order valence-corrected chi connectivity index (χ3v) is 8.74. The normalized spacial score (nSPS) is 19.6. The van der Waals surface area contributed by atoms with E-state index in [0.717, 1.165) is 23.5 Å². The summed E-state index contributed by atoms with van der Waals surface area (Å²) in [6, 6.07) is 11.3. The van der Waals surface area contributed by atoms with E-state index < -0.39 is 28.9 Å². The quantitative estimate of drug-likeness (QED) is 0.188. The molecule has 0 saturated carbocycles. The zero-order valence-electron chi connectivity index (χ0n) is 20.5. The van der Waals surface area contributed by atoms with E-state index in [-0.39, 0.29) is 35.4 Å². The van der Waals surface area contributed by atoms with Gasteiger partial charge in [-0.2, -0.15) is 13.2 Å². The zero-order valence-corrected chi connectivity index (χ0v) is 22.1. The number of thioether (sulfide) groups is 1. The number of amides is 1. The van der Waals surface area contributed by atoms with Crippen LogP contribution in [0.25, 0.3) is 0 Å². The molecule has 0 unspecified atom stereocenters. The van der Waals surface area contributed by atoms with Gasteiger partial charge in [-0.1, -0.05) is 73.3 Å². The molecule has 0 bridgehead atoms. The first-order valence-corrected chi connectivity index (χ1v) is 13.7. The number of halogens is 4. The van der Waals surface area contributed by atoms with Crippen LogP contribution < -0.4 is 4.90 Å². The number of rotatable bonds is 5. The average Bonchev–Trinajstić information content (AvgIpc) is 3.29. The monoisotopic (exact) mass is 561 g/mol. The van der Waals surface area contributed by atoms with E-state index in [9.17, 15) is 27.2 Å². The summed E-state index contributed by atoms with van der Waals surface area (Å²) in [7, 11) is 0. The van der Waals surface area contributed by atoms with Gasteiger partial charge >= 0.3 is 6.18 Å². The van der Waals surface area contributed by atoms with Crippen LogP contribution in [0.4, 0.5) is 22.7 Å². The molecule has 5 rings (SSSR count). The fourth-order valence-corrected chi connectivity index (χ4v) is 6.82. The summed E-state index contributed by atoms with van der Waals surface area (Å²) in [4.78, 5) is 28.2. The van der Waals surface area contributed by atoms with E-state index in [4.69, 9.17) is 0 Å². The van der Waals surface area contributed by atoms with Gasteiger partial charge in [-0.05, 0) is 35.1 Å². The average molecular weight is 562 g/mol. The van der Waals surface area contributed by atoms with E-state index >= 15 is 0 Å². The van der Waals surface area contributed by atoms with Crippen LogP contribution in [0.2, 0.25) is 0 Å². The molecule has 0 radical (unpaired) electrons. The molecule has 3 aromatic rings. The first-order chi connectivity index (χ1) is 17.9. The maximum absolute atomic E-state index is 14.7. The smallest absolute Gasteiger partial charge is 0.294 e. The van der Waals surface area contributed by atoms with Gasteiger partial charge in [-0.25, -0.2) is 4.39 Å². The van der Waals surface area contributed by atoms with Crippen molar-refractivity contribution in [3.63, 3.8) is 0 Å². The van der Waals surface area contributed by atoms with E-state index in [0.29, 0.717) is 33.2 Å². The summed E-state index contributed by atoms with van der Waals surface area (Å²) < 4.78 is 54.3. The molecule has 2 aromatic carbocycles. The Balaban J connectivity index is 1.46. The molecule has 1 amide bonds. The van der Waals surface area contributed by atoms with Gasteiger partial charge in [0, 0.05) is 35.8 Å². The second-order valence-electron chi connectivity index (χ2n) is 10.1. The Kier molecular flexibility index (Phi) is 6.93. The maximum Gasteiger partial charge on any atom is 0.416 e. The molecule has 38 heavy (non-hydrogen) atoms. The molecular formula is C27H23F4N3O2S2. The van der Waals surface area contributed by atoms with E-state index in [1.807, 2.05) is 13.8 Å². The van der Waals surface area contributed by atoms with Crippen LogP contribution in [-0.2, 0) is 21.5 Å². The molecule has 1 aliphatic heterocycles. The molecule has 198 valence electrons. The van der Waals surface area contributed by atoms with Crippen molar-refractivity contribution in [3.05, 3.63) is 82.3 Å². The highest BCUT2D eigenvalue weighted by atomic mass is 32.2. The molecule has 11 heteroatoms. The highest BCUT2D eigenvalue weighted by Gasteiger charge is 2.45. The number of carbonyl (C=O) groups is 2. The molecule has 1 aliphatic carbocycles. The maximum atomic E-state index is 14.7. The van der Waals surface area contributed by atoms with E-state index in [2.05, 4.69) is 10.2 Å². The van der Waals surface area contributed by atoms with Crippen molar-refractivity contribution in [2.24, 2.45) is 5.41 Å². The van der Waals surface area contributed by atoms with Crippen LogP contribution in [0.3, 0.4) is 0 Å². The predicted molar refractivity (Wildman–Crippen MR) is 137 cm³/mol. The SMILES string of the molecule is CC1(C)CC(=O)C2=C(C1)N(c1nnc(SCc3cccc(C(F)(F)F)c3)s1)C(=O)C[C@H]2c1ccccc1F. The Morgan fingerprint density at radius 1 is 1.08 bits per heavy atom. The molecule has 0 spiro atoms. The van der Waals surface area contributed by atoms with Crippen LogP contribution in [-0.4, -0.2) is 21.9 Å². The van der Waals surface area contributed by atoms with Gasteiger partial charge in [-0.15, -0.1) is 10.2 Å². The molecule has 0 N–H and O–H groups in total. The van der Waals surface area contributed by atoms with Gasteiger partial charge in [-0.3, -0.25) is 14.5 Å². The van der Waals surface area contributed by atoms with Crippen LogP contribution >= 0.6 is 23.1 Å². The highest BCUT2D eigenvalue weighted by molar-refractivity contribution is 8.00. The number of carbonyl (C=O) groups excluding carboxylic acids is 2. The second-order valence-corrected chi connectivity index (χ2v) is 12.3. The standard InChI is InChI=1S/C27H23F4N3O2S2/c1-26(2)12-20-23(21(35)13-26)18(17-8-3-4-9-19(17)28)11-22(36)34(20)24-32-33-25(38-24)37-14-15-6-5-7-16(10-15)27(29,30)31/h3-10,18H,11-14H2,1-2H3/t18-/m0/s1. The first-order valence-electron chi connectivity index (χ1n) is 11.9. The lowest BCUT2D eigenvalue weighted by atomic mass is 9.69. The Morgan fingerprint density at radius 2 is 1.84 bits per heavy atom. The minimum atomic E-state index is -4.43. The third-order valence-electron chi connectivity index (χ3n) is 6.63. The minimum absolute atomic E-state index is 0.0851. The molecular weight excluding hydrogens is 538 g/mol. The summed E-state index contributed by atoms with van der Waals surface area (Å²) in [5, 5.41) is 8.62. The molecule has 0 saturated heterocycles. The molecule has 1 aromatic heterocycles. The second kappa shape index (κ2) is 9.92. The van der Waals surface area contributed by atoms with Crippen LogP contribution in [0.5, 0.6) is 0 Å². The van der Waals surface area contributed by atoms with Crippen LogP contribution in [0.15, 0.2) is 64.1 Å². The van der Waals surface area contributed by atoms with Crippen molar-refractivity contribution < 1.29 is 27.2 Å². The van der Waals surface area contributed by atoms with Crippen LogP contribution in [0.1, 0.15) is 55.7 Å². The van der Waals surface area contributed by atoms with Crippen molar-refractivity contribution in [3.8, 4) is 0 Å². The number of allylic oxidation sites excluding steroid dienone is 2. The fourth-order valence-electron chi connectivity index (χ4n) is 4.99. The van der Waals surface area contributed by atoms with Gasteiger partial charge in [0.15, 0.2) is 10.1 Å². The Hall–Kier alpha value is -3.05. The summed E-state index contributed by atoms with van der Waals surface area (Å²) in [6.45, 7) is 3.89. The third kappa shape index (κ3) is 5.26. The number of hydrogen-bond acceptors (Lipinski definition) is 6. The summed E-state index contributed by atoms with van der Waals surface area (Å²) in [6.07, 6.45) is -3.80. The summed E-state index contributed by atoms with van der Waals surface area (Å²) >= 11 is 2.35. The van der Waals surface area contributed by atoms with Crippen molar-refractivity contribution in [2.75, 3.05) is 4.90 Å². The van der Waals surface area contributed by atoms with Crippen molar-refractivity contribution >= 4 is 39.9 Å². The minimum Gasteiger partial charge on any atom is -0.294 e. The molecule has 5 nitrogen and oxygen atoms in total. The first kappa shape index (κ1) is 26.6. The van der Waals surface area contributed by atoms with Crippen LogP contribution in [0, 0.1) is 11.2 Å². The molecule has 2 heterocycles. The lowest BCUT2D eigenvalue weighted by Gasteiger charge is -2.41. The molecule has 0 fully saturated rings. The number of hydrogen-bond donors (Lipinski definition) is 0. The van der Waals surface area contributed by atoms with Crippen molar-refractivity contribution in [1.82, 2.24) is 10.2 Å². The van der Waals surface area contributed by atoms with Gasteiger partial charge in [0.25, 0.3) is 0 Å². The lowest BCUT2D eigenvalue weighted by Crippen LogP contribution is -2.43.